The molecule has 0 aliphatic heterocycles. The number of benzene rings is 5. The lowest BCUT2D eigenvalue weighted by molar-refractivity contribution is 0.0990. The lowest BCUT2D eigenvalue weighted by Gasteiger charge is -2.26. The predicted molar refractivity (Wildman–Crippen MR) is 160 cm³/mol. The van der Waals surface area contributed by atoms with E-state index >= 15 is 0 Å². The van der Waals surface area contributed by atoms with E-state index in [2.05, 4.69) is 55.1 Å². The molecule has 0 saturated carbocycles. The van der Waals surface area contributed by atoms with Crippen molar-refractivity contribution in [2.45, 2.75) is 26.2 Å². The van der Waals surface area contributed by atoms with Crippen molar-refractivity contribution in [3.05, 3.63) is 143 Å². The van der Waals surface area contributed by atoms with E-state index < -0.39 is 0 Å². The van der Waals surface area contributed by atoms with E-state index in [1.165, 1.54) is 5.56 Å². The van der Waals surface area contributed by atoms with Crippen molar-refractivity contribution in [1.29, 1.82) is 0 Å². The van der Waals surface area contributed by atoms with Crippen molar-refractivity contribution in [3.8, 4) is 0 Å². The monoisotopic (exact) mass is 507 g/mol. The highest BCUT2D eigenvalue weighted by atomic mass is 16.2. The van der Waals surface area contributed by atoms with Gasteiger partial charge in [-0.15, -0.1) is 0 Å². The molecule has 39 heavy (non-hydrogen) atoms. The molecular weight excluding hydrogens is 478 g/mol. The molecule has 0 aromatic heterocycles. The Kier molecular flexibility index (Phi) is 6.42. The van der Waals surface area contributed by atoms with Crippen LogP contribution in [0.1, 0.15) is 58.0 Å². The maximum Gasteiger partial charge on any atom is 0.197 e. The number of hydrogen-bond acceptors (Lipinski definition) is 3. The first-order valence-electron chi connectivity index (χ1n) is 13.4. The zero-order valence-corrected chi connectivity index (χ0v) is 22.1. The third-order valence-electron chi connectivity index (χ3n) is 7.67. The molecule has 0 radical (unpaired) electrons. The number of nitrogens with zero attached hydrogens (tertiary/aromatic N) is 1. The fourth-order valence-electron chi connectivity index (χ4n) is 5.24. The summed E-state index contributed by atoms with van der Waals surface area (Å²) in [7, 11) is 0. The number of para-hydroxylation sites is 1. The van der Waals surface area contributed by atoms with Crippen LogP contribution in [0.25, 0.3) is 16.8 Å². The smallest absolute Gasteiger partial charge is 0.197 e. The number of carbonyl (C=O) groups excluding carboxylic acids is 2. The van der Waals surface area contributed by atoms with Crippen LogP contribution in [0.3, 0.4) is 0 Å². The highest BCUT2D eigenvalue weighted by molar-refractivity contribution is 6.42. The van der Waals surface area contributed by atoms with E-state index in [0.29, 0.717) is 17.0 Å². The molecule has 1 atom stereocenters. The maximum absolute atomic E-state index is 13.2. The van der Waals surface area contributed by atoms with E-state index in [1.54, 1.807) is 6.08 Å². The first-order chi connectivity index (χ1) is 19.0. The molecule has 0 fully saturated rings. The van der Waals surface area contributed by atoms with Gasteiger partial charge in [-0.25, -0.2) is 0 Å². The second-order valence-corrected chi connectivity index (χ2v) is 10.1. The van der Waals surface area contributed by atoms with Gasteiger partial charge in [-0.1, -0.05) is 80.6 Å². The molecule has 0 heterocycles. The molecule has 3 nitrogen and oxygen atoms in total. The summed E-state index contributed by atoms with van der Waals surface area (Å²) in [6.45, 7) is 4.46. The van der Waals surface area contributed by atoms with Crippen LogP contribution in [-0.2, 0) is 0 Å². The number of carbonyl (C=O) groups is 2. The van der Waals surface area contributed by atoms with Gasteiger partial charge in [0.25, 0.3) is 0 Å². The quantitative estimate of drug-likeness (QED) is 0.170. The summed E-state index contributed by atoms with van der Waals surface area (Å²) in [6.07, 6.45) is 2.82. The highest BCUT2D eigenvalue weighted by Gasteiger charge is 2.33. The summed E-state index contributed by atoms with van der Waals surface area (Å²) in [6, 6.07) is 38.5. The topological polar surface area (TPSA) is 37.4 Å². The highest BCUT2D eigenvalue weighted by Crippen LogP contribution is 2.36. The minimum Gasteiger partial charge on any atom is -0.311 e. The summed E-state index contributed by atoms with van der Waals surface area (Å²) in [5.74, 6) is 0.0938. The second kappa shape index (κ2) is 10.2. The molecule has 3 heteroatoms. The van der Waals surface area contributed by atoms with Crippen LogP contribution < -0.4 is 4.90 Å². The largest absolute Gasteiger partial charge is 0.311 e. The van der Waals surface area contributed by atoms with E-state index in [0.717, 1.165) is 39.8 Å². The summed E-state index contributed by atoms with van der Waals surface area (Å²) < 4.78 is 0. The summed E-state index contributed by atoms with van der Waals surface area (Å²) in [4.78, 5) is 28.6. The number of Topliss-reactive ketones (excluding diaryl/α,β-unsaturated/α-hetero) is 2. The van der Waals surface area contributed by atoms with Crippen LogP contribution in [-0.4, -0.2) is 11.6 Å². The van der Waals surface area contributed by atoms with Crippen LogP contribution in [0.15, 0.2) is 121 Å². The molecule has 0 N–H and O–H groups in total. The molecular formula is C36H29NO2. The number of fused-ring (bicyclic) bond motifs is 2. The maximum atomic E-state index is 13.2. The van der Waals surface area contributed by atoms with Crippen molar-refractivity contribution in [2.75, 3.05) is 4.90 Å². The molecule has 1 aliphatic rings. The number of allylic oxidation sites excluding steroid dienone is 1. The molecule has 5 aromatic rings. The van der Waals surface area contributed by atoms with E-state index in [1.807, 2.05) is 78.9 Å². The zero-order chi connectivity index (χ0) is 26.9. The van der Waals surface area contributed by atoms with Crippen LogP contribution in [0.2, 0.25) is 0 Å². The minimum atomic E-state index is -0.211. The van der Waals surface area contributed by atoms with Gasteiger partial charge < -0.3 is 4.90 Å². The lowest BCUT2D eigenvalue weighted by Crippen LogP contribution is -2.10. The summed E-state index contributed by atoms with van der Waals surface area (Å²) in [5.41, 5.74) is 6.46. The Morgan fingerprint density at radius 1 is 0.641 bits per heavy atom. The molecule has 190 valence electrons. The van der Waals surface area contributed by atoms with Gasteiger partial charge in [0.05, 0.1) is 5.57 Å². The Labute approximate surface area is 229 Å². The molecule has 5 aromatic carbocycles. The van der Waals surface area contributed by atoms with Crippen LogP contribution in [0.5, 0.6) is 0 Å². The molecule has 6 rings (SSSR count). The van der Waals surface area contributed by atoms with Crippen molar-refractivity contribution in [2.24, 2.45) is 0 Å². The first-order valence-corrected chi connectivity index (χ1v) is 13.4. The van der Waals surface area contributed by atoms with Crippen LogP contribution in [0, 0.1) is 0 Å². The van der Waals surface area contributed by atoms with Gasteiger partial charge in [0, 0.05) is 28.2 Å². The molecule has 0 bridgehead atoms. The number of hydrogen-bond donors (Lipinski definition) is 0. The van der Waals surface area contributed by atoms with Crippen LogP contribution in [0.4, 0.5) is 17.1 Å². The van der Waals surface area contributed by atoms with Gasteiger partial charge in [-0.3, -0.25) is 9.59 Å². The zero-order valence-electron chi connectivity index (χ0n) is 22.1. The van der Waals surface area contributed by atoms with Gasteiger partial charge >= 0.3 is 0 Å². The van der Waals surface area contributed by atoms with Crippen molar-refractivity contribution < 1.29 is 9.59 Å². The Morgan fingerprint density at radius 3 is 1.67 bits per heavy atom. The standard InChI is InChI=1S/C36H29NO2/c1-3-24(2)26-15-19-31(20-16-26)37(29-11-5-4-6-12-29)30-17-13-25(14-18-30)21-34-35(38)32-22-27-9-7-8-10-28(27)23-33(32)36(34)39/h4-24H,3H2,1-2H3. The Morgan fingerprint density at radius 2 is 1.13 bits per heavy atom. The van der Waals surface area contributed by atoms with Gasteiger partial charge in [0.2, 0.25) is 0 Å². The molecule has 0 spiro atoms. The summed E-state index contributed by atoms with van der Waals surface area (Å²) in [5, 5.41) is 1.92. The van der Waals surface area contributed by atoms with Gasteiger partial charge in [0.15, 0.2) is 11.6 Å². The minimum absolute atomic E-state index is 0.211. The third kappa shape index (κ3) is 4.57. The number of ketones is 2. The van der Waals surface area contributed by atoms with Crippen LogP contribution >= 0.6 is 0 Å². The van der Waals surface area contributed by atoms with Crippen molar-refractivity contribution in [1.82, 2.24) is 0 Å². The average Bonchev–Trinajstić information content (AvgIpc) is 3.21. The van der Waals surface area contributed by atoms with Crippen molar-refractivity contribution >= 4 is 45.5 Å². The first kappa shape index (κ1) is 24.6. The normalized spacial score (nSPS) is 13.4. The predicted octanol–water partition coefficient (Wildman–Crippen LogP) is 9.29. The van der Waals surface area contributed by atoms with Gasteiger partial charge in [-0.05, 0) is 88.8 Å². The molecule has 0 amide bonds. The lowest BCUT2D eigenvalue weighted by atomic mass is 9.98. The average molecular weight is 508 g/mol. The van der Waals surface area contributed by atoms with Crippen molar-refractivity contribution in [3.63, 3.8) is 0 Å². The van der Waals surface area contributed by atoms with Gasteiger partial charge in [0.1, 0.15) is 0 Å². The van der Waals surface area contributed by atoms with E-state index in [4.69, 9.17) is 0 Å². The fourth-order valence-corrected chi connectivity index (χ4v) is 5.24. The van der Waals surface area contributed by atoms with Gasteiger partial charge in [-0.2, -0.15) is 0 Å². The van der Waals surface area contributed by atoms with E-state index in [9.17, 15) is 9.59 Å². The third-order valence-corrected chi connectivity index (χ3v) is 7.67. The molecule has 0 saturated heterocycles. The molecule has 1 unspecified atom stereocenters. The molecule has 1 aliphatic carbocycles. The summed E-state index contributed by atoms with van der Waals surface area (Å²) >= 11 is 0. The number of anilines is 3. The Balaban J connectivity index is 1.33. The Hall–Kier alpha value is -4.76. The Bertz CT molecular complexity index is 1660. The number of rotatable bonds is 6. The second-order valence-electron chi connectivity index (χ2n) is 10.1. The SMILES string of the molecule is CCC(C)c1ccc(N(c2ccccc2)c2ccc(C=C3C(=O)c4cc5ccccc5cc4C3=O)cc2)cc1. The van der Waals surface area contributed by atoms with E-state index in [-0.39, 0.29) is 17.1 Å². The fraction of sp³-hybridized carbons (Fsp3) is 0.111.